The smallest absolute Gasteiger partial charge is 0.222 e. The van der Waals surface area contributed by atoms with Crippen LogP contribution in [0.2, 0.25) is 5.02 Å². The van der Waals surface area contributed by atoms with Crippen molar-refractivity contribution in [1.29, 1.82) is 0 Å². The number of pyridine rings is 1. The molecule has 0 saturated heterocycles. The van der Waals surface area contributed by atoms with Crippen molar-refractivity contribution >= 4 is 23.4 Å². The van der Waals surface area contributed by atoms with Crippen molar-refractivity contribution in [1.82, 2.24) is 15.0 Å². The fourth-order valence-electron chi connectivity index (χ4n) is 1.80. The lowest BCUT2D eigenvalue weighted by Gasteiger charge is -2.16. The minimum absolute atomic E-state index is 0.147. The molecule has 2 aromatic heterocycles. The van der Waals surface area contributed by atoms with Gasteiger partial charge in [-0.2, -0.15) is 4.98 Å². The Labute approximate surface area is 128 Å². The summed E-state index contributed by atoms with van der Waals surface area (Å²) in [6, 6.07) is 3.64. The van der Waals surface area contributed by atoms with Crippen LogP contribution in [0.4, 0.5) is 11.8 Å². The van der Waals surface area contributed by atoms with Gasteiger partial charge in [0.05, 0.1) is 27.4 Å². The van der Waals surface area contributed by atoms with E-state index in [4.69, 9.17) is 23.1 Å². The average Bonchev–Trinajstić information content (AvgIpc) is 2.37. The topological polar surface area (TPSA) is 90.7 Å². The number of nitrogens with zero attached hydrogens (tertiary/aromatic N) is 3. The van der Waals surface area contributed by atoms with Crippen LogP contribution in [0.25, 0.3) is 0 Å². The van der Waals surface area contributed by atoms with Gasteiger partial charge in [0.2, 0.25) is 5.95 Å². The summed E-state index contributed by atoms with van der Waals surface area (Å²) >= 11 is 5.85. The van der Waals surface area contributed by atoms with Crippen molar-refractivity contribution in [3.63, 3.8) is 0 Å². The van der Waals surface area contributed by atoms with E-state index in [0.717, 1.165) is 5.69 Å². The van der Waals surface area contributed by atoms with Crippen molar-refractivity contribution in [2.24, 2.45) is 0 Å². The van der Waals surface area contributed by atoms with Gasteiger partial charge in [-0.1, -0.05) is 23.4 Å². The zero-order valence-corrected chi connectivity index (χ0v) is 12.9. The molecule has 108 valence electrons. The van der Waals surface area contributed by atoms with Crippen molar-refractivity contribution in [3.8, 4) is 11.8 Å². The molecule has 2 heterocycles. The third-order valence-corrected chi connectivity index (χ3v) is 3.23. The summed E-state index contributed by atoms with van der Waals surface area (Å²) in [5, 5.41) is 0.592. The molecule has 21 heavy (non-hydrogen) atoms. The number of nitrogens with two attached hydrogens (primary N) is 2. The molecule has 0 atom stereocenters. The number of aromatic nitrogens is 3. The summed E-state index contributed by atoms with van der Waals surface area (Å²) in [5.41, 5.74) is 13.0. The zero-order valence-electron chi connectivity index (χ0n) is 12.1. The molecule has 0 bridgehead atoms. The Morgan fingerprint density at radius 3 is 2.48 bits per heavy atom. The molecule has 0 unspecified atom stereocenters. The summed E-state index contributed by atoms with van der Waals surface area (Å²) in [4.78, 5) is 12.3. The van der Waals surface area contributed by atoms with Crippen LogP contribution in [-0.2, 0) is 5.41 Å². The highest BCUT2D eigenvalue weighted by molar-refractivity contribution is 6.30. The van der Waals surface area contributed by atoms with E-state index in [1.54, 1.807) is 19.2 Å². The standard InChI is InChI=1S/C15H16ClN5/c1-9-11(13(17)21-14(18)20-9)6-7-15(2,3)12-5-4-10(16)8-19-12/h4-5,8H,1-3H3,(H4,17,18,20,21). The summed E-state index contributed by atoms with van der Waals surface area (Å²) < 4.78 is 0. The first kappa shape index (κ1) is 15.1. The number of hydrogen-bond acceptors (Lipinski definition) is 5. The minimum Gasteiger partial charge on any atom is -0.382 e. The molecule has 2 rings (SSSR count). The van der Waals surface area contributed by atoms with Crippen LogP contribution in [0, 0.1) is 18.8 Å². The van der Waals surface area contributed by atoms with Crippen molar-refractivity contribution in [2.75, 3.05) is 11.5 Å². The van der Waals surface area contributed by atoms with Crippen LogP contribution in [0.5, 0.6) is 0 Å². The molecule has 4 N–H and O–H groups in total. The molecule has 0 aliphatic carbocycles. The maximum atomic E-state index is 5.85. The summed E-state index contributed by atoms with van der Waals surface area (Å²) in [7, 11) is 0. The molecule has 0 saturated carbocycles. The number of halogens is 1. The van der Waals surface area contributed by atoms with Crippen LogP contribution < -0.4 is 11.5 Å². The van der Waals surface area contributed by atoms with E-state index >= 15 is 0 Å². The molecule has 5 nitrogen and oxygen atoms in total. The molecule has 0 fully saturated rings. The second-order valence-corrected chi connectivity index (χ2v) is 5.60. The highest BCUT2D eigenvalue weighted by Gasteiger charge is 2.19. The first-order chi connectivity index (χ1) is 9.79. The Morgan fingerprint density at radius 2 is 1.90 bits per heavy atom. The summed E-state index contributed by atoms with van der Waals surface area (Å²) in [6.45, 7) is 5.74. The first-order valence-corrected chi connectivity index (χ1v) is 6.72. The van der Waals surface area contributed by atoms with E-state index in [2.05, 4.69) is 26.8 Å². The number of hydrogen-bond donors (Lipinski definition) is 2. The van der Waals surface area contributed by atoms with E-state index in [-0.39, 0.29) is 11.8 Å². The van der Waals surface area contributed by atoms with Crippen molar-refractivity contribution < 1.29 is 0 Å². The fraction of sp³-hybridized carbons (Fsp3) is 0.267. The Balaban J connectivity index is 2.40. The quantitative estimate of drug-likeness (QED) is 0.789. The number of rotatable bonds is 1. The van der Waals surface area contributed by atoms with Crippen LogP contribution in [-0.4, -0.2) is 15.0 Å². The van der Waals surface area contributed by atoms with Gasteiger partial charge in [-0.05, 0) is 32.9 Å². The maximum Gasteiger partial charge on any atom is 0.222 e. The van der Waals surface area contributed by atoms with Gasteiger partial charge in [-0.15, -0.1) is 0 Å². The first-order valence-electron chi connectivity index (χ1n) is 6.34. The van der Waals surface area contributed by atoms with Crippen molar-refractivity contribution in [2.45, 2.75) is 26.2 Å². The molecule has 6 heteroatoms. The van der Waals surface area contributed by atoms with E-state index in [1.807, 2.05) is 19.9 Å². The second kappa shape index (κ2) is 5.58. The van der Waals surface area contributed by atoms with Crippen LogP contribution >= 0.6 is 11.6 Å². The van der Waals surface area contributed by atoms with Gasteiger partial charge in [-0.3, -0.25) is 4.98 Å². The highest BCUT2D eigenvalue weighted by atomic mass is 35.5. The minimum atomic E-state index is -0.454. The van der Waals surface area contributed by atoms with Crippen LogP contribution in [0.1, 0.15) is 30.8 Å². The van der Waals surface area contributed by atoms with Gasteiger partial charge in [0.25, 0.3) is 0 Å². The molecular formula is C15H16ClN5. The van der Waals surface area contributed by atoms with Crippen LogP contribution in [0.3, 0.4) is 0 Å². The predicted octanol–water partition coefficient (Wildman–Crippen LogP) is 2.33. The third-order valence-electron chi connectivity index (χ3n) is 3.00. The second-order valence-electron chi connectivity index (χ2n) is 5.16. The van der Waals surface area contributed by atoms with Gasteiger partial charge in [-0.25, -0.2) is 4.98 Å². The largest absolute Gasteiger partial charge is 0.382 e. The normalized spacial score (nSPS) is 10.9. The van der Waals surface area contributed by atoms with Crippen LogP contribution in [0.15, 0.2) is 18.3 Å². The van der Waals surface area contributed by atoms with E-state index in [9.17, 15) is 0 Å². The maximum absolute atomic E-state index is 5.85. The fourth-order valence-corrected chi connectivity index (χ4v) is 1.91. The molecule has 0 aliphatic rings. The number of anilines is 2. The Bertz CT molecular complexity index is 703. The molecule has 0 radical (unpaired) electrons. The van der Waals surface area contributed by atoms with E-state index in [0.29, 0.717) is 16.3 Å². The van der Waals surface area contributed by atoms with Gasteiger partial charge in [0.15, 0.2) is 0 Å². The Morgan fingerprint density at radius 1 is 1.19 bits per heavy atom. The van der Waals surface area contributed by atoms with Gasteiger partial charge >= 0.3 is 0 Å². The lowest BCUT2D eigenvalue weighted by molar-refractivity contribution is 0.670. The lowest BCUT2D eigenvalue weighted by atomic mass is 9.89. The summed E-state index contributed by atoms with van der Waals surface area (Å²) in [6.07, 6.45) is 1.60. The molecule has 0 spiro atoms. The SMILES string of the molecule is Cc1nc(N)nc(N)c1C#CC(C)(C)c1ccc(Cl)cn1. The van der Waals surface area contributed by atoms with E-state index < -0.39 is 5.41 Å². The predicted molar refractivity (Wildman–Crippen MR) is 84.7 cm³/mol. The number of nitrogen functional groups attached to an aromatic ring is 2. The molecular weight excluding hydrogens is 286 g/mol. The monoisotopic (exact) mass is 301 g/mol. The molecule has 0 amide bonds. The molecule has 0 aliphatic heterocycles. The summed E-state index contributed by atoms with van der Waals surface area (Å²) in [5.74, 6) is 6.62. The van der Waals surface area contributed by atoms with Gasteiger partial charge in [0.1, 0.15) is 5.82 Å². The lowest BCUT2D eigenvalue weighted by Crippen LogP contribution is -2.16. The number of aryl methyl sites for hydroxylation is 1. The van der Waals surface area contributed by atoms with E-state index in [1.165, 1.54) is 0 Å². The zero-order chi connectivity index (χ0) is 15.6. The molecule has 2 aromatic rings. The highest BCUT2D eigenvalue weighted by Crippen LogP contribution is 2.22. The van der Waals surface area contributed by atoms with Gasteiger partial charge < -0.3 is 11.5 Å². The van der Waals surface area contributed by atoms with Crippen molar-refractivity contribution in [3.05, 3.63) is 40.3 Å². The van der Waals surface area contributed by atoms with Gasteiger partial charge in [0, 0.05) is 6.20 Å². The Hall–Kier alpha value is -2.32. The average molecular weight is 302 g/mol. The third kappa shape index (κ3) is 3.41. The molecule has 0 aromatic carbocycles. The Kier molecular flexibility index (Phi) is 4.01.